The highest BCUT2D eigenvalue weighted by molar-refractivity contribution is 5.31. The van der Waals surface area contributed by atoms with Crippen LogP contribution in [0.4, 0.5) is 17.6 Å². The summed E-state index contributed by atoms with van der Waals surface area (Å²) in [6.45, 7) is 1.36. The third-order valence-electron chi connectivity index (χ3n) is 2.73. The number of rotatable bonds is 3. The van der Waals surface area contributed by atoms with Gasteiger partial charge in [-0.25, -0.2) is 4.39 Å². The van der Waals surface area contributed by atoms with E-state index in [0.717, 1.165) is 6.07 Å². The second-order valence-corrected chi connectivity index (χ2v) is 3.78. The van der Waals surface area contributed by atoms with E-state index >= 15 is 0 Å². The summed E-state index contributed by atoms with van der Waals surface area (Å²) < 4.78 is 50.4. The van der Waals surface area contributed by atoms with Crippen LogP contribution in [0.2, 0.25) is 0 Å². The minimum absolute atomic E-state index is 0.0313. The third kappa shape index (κ3) is 2.76. The summed E-state index contributed by atoms with van der Waals surface area (Å²) in [7, 11) is 0. The molecule has 0 aliphatic heterocycles. The third-order valence-corrected chi connectivity index (χ3v) is 2.73. The van der Waals surface area contributed by atoms with Gasteiger partial charge in [0, 0.05) is 6.54 Å². The summed E-state index contributed by atoms with van der Waals surface area (Å²) in [4.78, 5) is 0. The molecular formula is C11H13F4NO. The largest absolute Gasteiger partial charge is 0.419 e. The highest BCUT2D eigenvalue weighted by Crippen LogP contribution is 2.34. The van der Waals surface area contributed by atoms with Crippen LogP contribution in [0, 0.1) is 5.82 Å². The van der Waals surface area contributed by atoms with Gasteiger partial charge in [0.25, 0.3) is 0 Å². The van der Waals surface area contributed by atoms with E-state index in [1.165, 1.54) is 0 Å². The maximum atomic E-state index is 13.0. The maximum Gasteiger partial charge on any atom is 0.419 e. The molecule has 1 aromatic carbocycles. The number of aliphatic hydroxyl groups is 1. The molecule has 0 spiro atoms. The van der Waals surface area contributed by atoms with Crippen LogP contribution in [0.5, 0.6) is 0 Å². The van der Waals surface area contributed by atoms with Crippen LogP contribution in [-0.4, -0.2) is 11.7 Å². The van der Waals surface area contributed by atoms with Gasteiger partial charge in [0.05, 0.1) is 5.56 Å². The molecule has 0 saturated carbocycles. The van der Waals surface area contributed by atoms with Gasteiger partial charge in [0.15, 0.2) is 0 Å². The van der Waals surface area contributed by atoms with Gasteiger partial charge in [-0.1, -0.05) is 13.0 Å². The zero-order valence-corrected chi connectivity index (χ0v) is 9.18. The van der Waals surface area contributed by atoms with E-state index in [1.54, 1.807) is 6.92 Å². The highest BCUT2D eigenvalue weighted by Gasteiger charge is 2.36. The molecule has 1 aromatic rings. The first-order chi connectivity index (χ1) is 7.74. The fraction of sp³-hybridized carbons (Fsp3) is 0.455. The Morgan fingerprint density at radius 1 is 1.29 bits per heavy atom. The Morgan fingerprint density at radius 3 is 2.29 bits per heavy atom. The fourth-order valence-electron chi connectivity index (χ4n) is 1.50. The van der Waals surface area contributed by atoms with E-state index < -0.39 is 23.2 Å². The van der Waals surface area contributed by atoms with Gasteiger partial charge in [-0.3, -0.25) is 0 Å². The van der Waals surface area contributed by atoms with Crippen molar-refractivity contribution >= 4 is 0 Å². The van der Waals surface area contributed by atoms with Crippen molar-refractivity contribution in [3.05, 3.63) is 35.1 Å². The van der Waals surface area contributed by atoms with Crippen LogP contribution in [0.1, 0.15) is 24.5 Å². The molecule has 0 heterocycles. The topological polar surface area (TPSA) is 46.2 Å². The standard InChI is InChI=1S/C11H13F4NO/c1-2-10(17,6-16)7-3-4-9(12)8(5-7)11(13,14)15/h3-5,17H,2,6,16H2,1H3. The van der Waals surface area contributed by atoms with Crippen LogP contribution in [-0.2, 0) is 11.8 Å². The van der Waals surface area contributed by atoms with Gasteiger partial charge in [-0.2, -0.15) is 13.2 Å². The lowest BCUT2D eigenvalue weighted by Crippen LogP contribution is -2.34. The molecule has 6 heteroatoms. The van der Waals surface area contributed by atoms with Crippen LogP contribution >= 0.6 is 0 Å². The average Bonchev–Trinajstić information content (AvgIpc) is 2.27. The molecule has 3 N–H and O–H groups in total. The van der Waals surface area contributed by atoms with Gasteiger partial charge < -0.3 is 10.8 Å². The quantitative estimate of drug-likeness (QED) is 0.810. The molecule has 2 nitrogen and oxygen atoms in total. The zero-order valence-electron chi connectivity index (χ0n) is 9.18. The lowest BCUT2D eigenvalue weighted by Gasteiger charge is -2.26. The van der Waals surface area contributed by atoms with Gasteiger partial charge >= 0.3 is 6.18 Å². The van der Waals surface area contributed by atoms with Crippen molar-refractivity contribution in [2.75, 3.05) is 6.54 Å². The Kier molecular flexibility index (Phi) is 3.78. The molecule has 0 bridgehead atoms. The monoisotopic (exact) mass is 251 g/mol. The van der Waals surface area contributed by atoms with Crippen LogP contribution in [0.25, 0.3) is 0 Å². The van der Waals surface area contributed by atoms with Crippen molar-refractivity contribution in [2.45, 2.75) is 25.1 Å². The molecule has 96 valence electrons. The van der Waals surface area contributed by atoms with E-state index in [2.05, 4.69) is 0 Å². The molecule has 1 rings (SSSR count). The molecule has 1 unspecified atom stereocenters. The molecular weight excluding hydrogens is 238 g/mol. The molecule has 1 atom stereocenters. The van der Waals surface area contributed by atoms with Crippen molar-refractivity contribution in [3.8, 4) is 0 Å². The van der Waals surface area contributed by atoms with Crippen molar-refractivity contribution < 1.29 is 22.7 Å². The summed E-state index contributed by atoms with van der Waals surface area (Å²) >= 11 is 0. The molecule has 0 saturated heterocycles. The normalized spacial score (nSPS) is 15.7. The summed E-state index contributed by atoms with van der Waals surface area (Å²) in [5.74, 6) is -1.36. The molecule has 17 heavy (non-hydrogen) atoms. The Bertz CT molecular complexity index is 399. The molecule has 0 aliphatic carbocycles. The Morgan fingerprint density at radius 2 is 1.88 bits per heavy atom. The summed E-state index contributed by atoms with van der Waals surface area (Å²) in [5.41, 5.74) is 2.34. The van der Waals surface area contributed by atoms with Crippen LogP contribution in [0.15, 0.2) is 18.2 Å². The number of hydrogen-bond acceptors (Lipinski definition) is 2. The molecule has 0 fully saturated rings. The first-order valence-electron chi connectivity index (χ1n) is 5.04. The average molecular weight is 251 g/mol. The minimum Gasteiger partial charge on any atom is -0.384 e. The number of nitrogens with two attached hydrogens (primary N) is 1. The zero-order chi connectivity index (χ0) is 13.3. The second-order valence-electron chi connectivity index (χ2n) is 3.78. The molecule has 0 aliphatic rings. The van der Waals surface area contributed by atoms with E-state index in [1.807, 2.05) is 0 Å². The maximum absolute atomic E-state index is 13.0. The van der Waals surface area contributed by atoms with Gasteiger partial charge in [0.2, 0.25) is 0 Å². The van der Waals surface area contributed by atoms with Crippen molar-refractivity contribution in [1.82, 2.24) is 0 Å². The molecule has 0 radical (unpaired) electrons. The highest BCUT2D eigenvalue weighted by atomic mass is 19.4. The van der Waals surface area contributed by atoms with Crippen LogP contribution < -0.4 is 5.73 Å². The Labute approximate surface area is 96.1 Å². The Balaban J connectivity index is 3.31. The minimum atomic E-state index is -4.79. The number of benzene rings is 1. The van der Waals surface area contributed by atoms with Gasteiger partial charge in [-0.05, 0) is 24.1 Å². The van der Waals surface area contributed by atoms with E-state index in [4.69, 9.17) is 5.73 Å². The molecule has 0 aromatic heterocycles. The fourth-order valence-corrected chi connectivity index (χ4v) is 1.50. The Hall–Kier alpha value is -1.14. The first kappa shape index (κ1) is 13.9. The summed E-state index contributed by atoms with van der Waals surface area (Å²) in [6.07, 6.45) is -4.64. The predicted molar refractivity (Wildman–Crippen MR) is 54.6 cm³/mol. The number of hydrogen-bond donors (Lipinski definition) is 2. The van der Waals surface area contributed by atoms with E-state index in [-0.39, 0.29) is 18.5 Å². The number of halogens is 4. The lowest BCUT2D eigenvalue weighted by molar-refractivity contribution is -0.140. The van der Waals surface area contributed by atoms with Gasteiger partial charge in [-0.15, -0.1) is 0 Å². The summed E-state index contributed by atoms with van der Waals surface area (Å²) in [5, 5.41) is 9.97. The second kappa shape index (κ2) is 4.62. The van der Waals surface area contributed by atoms with E-state index in [9.17, 15) is 22.7 Å². The van der Waals surface area contributed by atoms with Crippen molar-refractivity contribution in [3.63, 3.8) is 0 Å². The number of alkyl halides is 3. The van der Waals surface area contributed by atoms with Crippen LogP contribution in [0.3, 0.4) is 0 Å². The SMILES string of the molecule is CCC(O)(CN)c1ccc(F)c(C(F)(F)F)c1. The summed E-state index contributed by atoms with van der Waals surface area (Å²) in [6, 6.07) is 2.40. The van der Waals surface area contributed by atoms with Gasteiger partial charge in [0.1, 0.15) is 11.4 Å². The lowest BCUT2D eigenvalue weighted by atomic mass is 9.90. The predicted octanol–water partition coefficient (Wildman–Crippen LogP) is 2.40. The van der Waals surface area contributed by atoms with Crippen molar-refractivity contribution in [1.29, 1.82) is 0 Å². The first-order valence-corrected chi connectivity index (χ1v) is 5.04. The molecule has 0 amide bonds. The van der Waals surface area contributed by atoms with E-state index in [0.29, 0.717) is 12.1 Å². The smallest absolute Gasteiger partial charge is 0.384 e. The van der Waals surface area contributed by atoms with Crippen molar-refractivity contribution in [2.24, 2.45) is 5.73 Å².